The van der Waals surface area contributed by atoms with E-state index in [-0.39, 0.29) is 29.8 Å². The van der Waals surface area contributed by atoms with Gasteiger partial charge in [-0.3, -0.25) is 9.59 Å². The van der Waals surface area contributed by atoms with Gasteiger partial charge in [0.1, 0.15) is 6.10 Å². The number of carbonyl (C=O) groups excluding carboxylic acids is 1. The van der Waals surface area contributed by atoms with Crippen LogP contribution in [0, 0.1) is 23.2 Å². The van der Waals surface area contributed by atoms with Gasteiger partial charge in [0, 0.05) is 39.0 Å². The topological polar surface area (TPSA) is 149 Å². The molecule has 4 N–H and O–H groups in total. The Labute approximate surface area is 277 Å². The Kier molecular flexibility index (Phi) is 19.1. The average molecular weight is 651 g/mol. The van der Waals surface area contributed by atoms with E-state index in [4.69, 9.17) is 24.5 Å². The Hall–Kier alpha value is -2.69. The Morgan fingerprint density at radius 2 is 1.78 bits per heavy atom. The van der Waals surface area contributed by atoms with Crippen LogP contribution in [0.15, 0.2) is 36.0 Å². The number of carbonyl (C=O) groups is 3. The van der Waals surface area contributed by atoms with Crippen LogP contribution in [-0.2, 0) is 19.1 Å². The normalized spacial score (nSPS) is 29.0. The van der Waals surface area contributed by atoms with Crippen LogP contribution in [0.4, 0.5) is 4.79 Å². The zero-order chi connectivity index (χ0) is 34.9. The maximum Gasteiger partial charge on any atom is 0.407 e. The molecule has 0 aromatic heterocycles. The Balaban J connectivity index is 0.000000674. The number of aliphatic carboxylic acids is 1. The highest BCUT2D eigenvalue weighted by atomic mass is 16.6. The van der Waals surface area contributed by atoms with Gasteiger partial charge in [0.15, 0.2) is 0 Å². The van der Waals surface area contributed by atoms with Crippen LogP contribution in [0.2, 0.25) is 0 Å². The molecule has 0 aromatic rings. The summed E-state index contributed by atoms with van der Waals surface area (Å²) in [4.78, 5) is 33.1. The molecule has 3 aliphatic rings. The molecule has 2 fully saturated rings. The fourth-order valence-corrected chi connectivity index (χ4v) is 5.91. The lowest BCUT2D eigenvalue weighted by molar-refractivity contribution is -0.151. The lowest BCUT2D eigenvalue weighted by Crippen LogP contribution is -2.45. The minimum atomic E-state index is -0.833. The van der Waals surface area contributed by atoms with Crippen molar-refractivity contribution in [1.29, 1.82) is 0 Å². The van der Waals surface area contributed by atoms with Crippen molar-refractivity contribution >= 4 is 18.0 Å². The molecule has 0 spiro atoms. The van der Waals surface area contributed by atoms with Crippen molar-refractivity contribution in [3.63, 3.8) is 0 Å². The maximum atomic E-state index is 12.5. The molecule has 0 aromatic carbocycles. The van der Waals surface area contributed by atoms with E-state index in [0.717, 1.165) is 44.8 Å². The summed E-state index contributed by atoms with van der Waals surface area (Å²) in [6, 6.07) is 0. The van der Waals surface area contributed by atoms with E-state index in [1.54, 1.807) is 0 Å². The van der Waals surface area contributed by atoms with Gasteiger partial charge in [0.25, 0.3) is 5.97 Å². The molecule has 0 bridgehead atoms. The quantitative estimate of drug-likeness (QED) is 0.101. The molecule has 10 heteroatoms. The van der Waals surface area contributed by atoms with Crippen LogP contribution in [0.25, 0.3) is 0 Å². The summed E-state index contributed by atoms with van der Waals surface area (Å²) < 4.78 is 11.8. The number of hydrogen-bond donors (Lipinski definition) is 4. The van der Waals surface area contributed by atoms with E-state index in [1.165, 1.54) is 17.7 Å². The maximum absolute atomic E-state index is 12.5. The first-order valence-electron chi connectivity index (χ1n) is 17.0. The first kappa shape index (κ1) is 41.3. The lowest BCUT2D eigenvalue weighted by Gasteiger charge is -2.25. The van der Waals surface area contributed by atoms with Gasteiger partial charge < -0.3 is 35.0 Å². The third-order valence-electron chi connectivity index (χ3n) is 8.60. The molecule has 6 unspecified atom stereocenters. The highest BCUT2D eigenvalue weighted by molar-refractivity contribution is 5.70. The molecule has 0 radical (unpaired) electrons. The molecule has 1 amide bonds. The van der Waals surface area contributed by atoms with E-state index >= 15 is 0 Å². The van der Waals surface area contributed by atoms with Crippen molar-refractivity contribution in [2.45, 2.75) is 125 Å². The molecule has 2 saturated heterocycles. The first-order valence-corrected chi connectivity index (χ1v) is 17.0. The summed E-state index contributed by atoms with van der Waals surface area (Å²) in [6.07, 6.45) is 15.8. The Morgan fingerprint density at radius 3 is 2.35 bits per heavy atom. The van der Waals surface area contributed by atoms with Gasteiger partial charge in [-0.25, -0.2) is 4.79 Å². The number of aliphatic hydroxyl groups is 1. The molecular weight excluding hydrogens is 588 g/mol. The second-order valence-electron chi connectivity index (χ2n) is 13.9. The smallest absolute Gasteiger partial charge is 0.407 e. The SMILES string of the molecule is CC(=O)O.CCCC(C)(C)C1OC1CC(C)/C=C/C=C(\C)[C@H]1OC(=O)CC(O)CCC(C)C/C=C/C1C.O=C(O)N1CCNCC1. The van der Waals surface area contributed by atoms with E-state index in [2.05, 4.69) is 77.2 Å². The van der Waals surface area contributed by atoms with Crippen LogP contribution < -0.4 is 5.32 Å². The van der Waals surface area contributed by atoms with Crippen LogP contribution >= 0.6 is 0 Å². The third-order valence-corrected chi connectivity index (χ3v) is 8.60. The van der Waals surface area contributed by atoms with E-state index in [0.29, 0.717) is 43.6 Å². The number of epoxide rings is 1. The minimum Gasteiger partial charge on any atom is -0.481 e. The molecule has 3 aliphatic heterocycles. The number of aliphatic hydroxyl groups excluding tert-OH is 1. The number of esters is 1. The average Bonchev–Trinajstić information content (AvgIpc) is 3.74. The Bertz CT molecular complexity index is 1010. The number of rotatable bonds is 8. The third kappa shape index (κ3) is 17.3. The van der Waals surface area contributed by atoms with Crippen molar-refractivity contribution < 1.29 is 39.2 Å². The van der Waals surface area contributed by atoms with Gasteiger partial charge in [0.2, 0.25) is 0 Å². The van der Waals surface area contributed by atoms with Gasteiger partial charge in [-0.05, 0) is 61.9 Å². The summed E-state index contributed by atoms with van der Waals surface area (Å²) in [5.74, 6) is -0.145. The van der Waals surface area contributed by atoms with Gasteiger partial charge in [-0.15, -0.1) is 0 Å². The number of nitrogens with one attached hydrogen (secondary N) is 1. The largest absolute Gasteiger partial charge is 0.481 e. The number of ether oxygens (including phenoxy) is 2. The fraction of sp³-hybridized carbons (Fsp3) is 0.750. The van der Waals surface area contributed by atoms with E-state index in [9.17, 15) is 14.7 Å². The number of amides is 1. The highest BCUT2D eigenvalue weighted by Crippen LogP contribution is 2.44. The summed E-state index contributed by atoms with van der Waals surface area (Å²) in [6.45, 7) is 19.3. The minimum absolute atomic E-state index is 0.0662. The Morgan fingerprint density at radius 1 is 1.15 bits per heavy atom. The number of cyclic esters (lactones) is 1. The second-order valence-corrected chi connectivity index (χ2v) is 13.9. The number of hydrogen-bond acceptors (Lipinski definition) is 7. The van der Waals surface area contributed by atoms with E-state index < -0.39 is 18.2 Å². The summed E-state index contributed by atoms with van der Waals surface area (Å²) in [5, 5.41) is 29.1. The van der Waals surface area contributed by atoms with Crippen LogP contribution in [0.3, 0.4) is 0 Å². The number of allylic oxidation sites excluding steroid dienone is 4. The molecule has 0 saturated carbocycles. The molecule has 46 heavy (non-hydrogen) atoms. The number of carboxylic acid groups (broad SMARTS) is 2. The van der Waals surface area contributed by atoms with Crippen molar-refractivity contribution in [1.82, 2.24) is 10.2 Å². The molecule has 3 rings (SSSR count). The fourth-order valence-electron chi connectivity index (χ4n) is 5.91. The second kappa shape index (κ2) is 21.2. The monoisotopic (exact) mass is 650 g/mol. The van der Waals surface area contributed by atoms with Gasteiger partial charge in [-0.2, -0.15) is 0 Å². The molecule has 3 heterocycles. The summed E-state index contributed by atoms with van der Waals surface area (Å²) in [5.41, 5.74) is 1.28. The predicted octanol–water partition coefficient (Wildman–Crippen LogP) is 6.44. The number of nitrogens with zero attached hydrogens (tertiary/aromatic N) is 1. The zero-order valence-electron chi connectivity index (χ0n) is 29.5. The molecule has 7 atom stereocenters. The van der Waals surface area contributed by atoms with Crippen molar-refractivity contribution in [2.24, 2.45) is 23.2 Å². The zero-order valence-corrected chi connectivity index (χ0v) is 29.5. The van der Waals surface area contributed by atoms with Gasteiger partial charge >= 0.3 is 12.1 Å². The van der Waals surface area contributed by atoms with E-state index in [1.807, 2.05) is 6.92 Å². The molecule has 10 nitrogen and oxygen atoms in total. The van der Waals surface area contributed by atoms with Gasteiger partial charge in [0.05, 0.1) is 24.7 Å². The van der Waals surface area contributed by atoms with Crippen molar-refractivity contribution in [3.8, 4) is 0 Å². The summed E-state index contributed by atoms with van der Waals surface area (Å²) >= 11 is 0. The highest BCUT2D eigenvalue weighted by Gasteiger charge is 2.48. The number of piperazine rings is 1. The molecule has 264 valence electrons. The summed E-state index contributed by atoms with van der Waals surface area (Å²) in [7, 11) is 0. The lowest BCUT2D eigenvalue weighted by atomic mass is 9.82. The van der Waals surface area contributed by atoms with Crippen molar-refractivity contribution in [2.75, 3.05) is 26.2 Å². The molecule has 0 aliphatic carbocycles. The number of carboxylic acids is 1. The van der Waals surface area contributed by atoms with Crippen LogP contribution in [0.1, 0.15) is 100 Å². The van der Waals surface area contributed by atoms with Crippen molar-refractivity contribution in [3.05, 3.63) is 36.0 Å². The van der Waals surface area contributed by atoms with Crippen LogP contribution in [-0.4, -0.2) is 88.8 Å². The standard InChI is InChI=1S/C29H48O4.C5H10N2O2.C2H4O2/c1-8-17-29(6,7)28-25(32-28)18-21(3)12-10-14-23(5)27-22(4)13-9-11-20(2)15-16-24(30)19-26(31)33-27;8-5(9)7-3-1-6-2-4-7;1-2(3)4/h9-10,12-14,20-22,24-25,27-28,30H,8,11,15-19H2,1-7H3;6H,1-4H2,(H,8,9);1H3,(H,3,4)/b12-10+,13-9+,23-14+;;/t20?,21?,22?,24?,25?,27-,28?;;/m0../s1. The molecular formula is C36H62N2O8. The van der Waals surface area contributed by atoms with Crippen LogP contribution in [0.5, 0.6) is 0 Å². The van der Waals surface area contributed by atoms with Gasteiger partial charge in [-0.1, -0.05) is 78.3 Å². The first-order chi connectivity index (χ1) is 21.6. The predicted molar refractivity (Wildman–Crippen MR) is 182 cm³/mol.